The Labute approximate surface area is 194 Å². The highest BCUT2D eigenvalue weighted by Crippen LogP contribution is 2.34. The first-order chi connectivity index (χ1) is 16.1. The molecular formula is C24H31N7O2. The number of fused-ring (bicyclic) bond motifs is 3. The third-order valence-corrected chi connectivity index (χ3v) is 6.71. The smallest absolute Gasteiger partial charge is 0.252 e. The zero-order chi connectivity index (χ0) is 22.8. The molecule has 2 aromatic heterocycles. The molecule has 2 fully saturated rings. The van der Waals surface area contributed by atoms with Crippen LogP contribution in [0.2, 0.25) is 0 Å². The van der Waals surface area contributed by atoms with E-state index in [1.807, 2.05) is 25.3 Å². The van der Waals surface area contributed by atoms with E-state index in [1.165, 1.54) is 0 Å². The van der Waals surface area contributed by atoms with Crippen LogP contribution in [0.25, 0.3) is 0 Å². The van der Waals surface area contributed by atoms with Gasteiger partial charge < -0.3 is 20.4 Å². The van der Waals surface area contributed by atoms with Gasteiger partial charge in [-0.25, -0.2) is 9.97 Å². The number of rotatable bonds is 5. The van der Waals surface area contributed by atoms with Gasteiger partial charge in [0.25, 0.3) is 5.91 Å². The number of hydrogen-bond acceptors (Lipinski definition) is 7. The third-order valence-electron chi connectivity index (χ3n) is 6.71. The number of piperazine rings is 1. The Balaban J connectivity index is 1.18. The number of pyridine rings is 2. The molecule has 0 bridgehead atoms. The molecule has 0 spiro atoms. The maximum Gasteiger partial charge on any atom is 0.252 e. The van der Waals surface area contributed by atoms with Crippen LogP contribution in [0, 0.1) is 0 Å². The average Bonchev–Trinajstić information content (AvgIpc) is 2.85. The van der Waals surface area contributed by atoms with Crippen molar-refractivity contribution in [1.29, 1.82) is 0 Å². The van der Waals surface area contributed by atoms with E-state index in [-0.39, 0.29) is 17.9 Å². The summed E-state index contributed by atoms with van der Waals surface area (Å²) >= 11 is 0. The highest BCUT2D eigenvalue weighted by atomic mass is 16.2. The number of nitrogens with zero attached hydrogens (tertiary/aromatic N) is 5. The summed E-state index contributed by atoms with van der Waals surface area (Å²) in [6, 6.07) is 5.77. The Morgan fingerprint density at radius 2 is 1.97 bits per heavy atom. The van der Waals surface area contributed by atoms with Crippen molar-refractivity contribution >= 4 is 29.1 Å². The van der Waals surface area contributed by atoms with Gasteiger partial charge in [-0.1, -0.05) is 0 Å². The van der Waals surface area contributed by atoms with Crippen LogP contribution in [-0.2, 0) is 11.3 Å². The van der Waals surface area contributed by atoms with Gasteiger partial charge in [-0.3, -0.25) is 14.5 Å². The van der Waals surface area contributed by atoms with Crippen LogP contribution in [0.15, 0.2) is 30.6 Å². The number of amides is 2. The Hall–Kier alpha value is -3.20. The first-order valence-electron chi connectivity index (χ1n) is 11.9. The Bertz CT molecular complexity index is 1020. The number of carbonyl (C=O) groups excluding carboxylic acids is 2. The molecule has 0 aliphatic carbocycles. The van der Waals surface area contributed by atoms with E-state index in [0.717, 1.165) is 81.4 Å². The summed E-state index contributed by atoms with van der Waals surface area (Å²) in [7, 11) is 0. The first kappa shape index (κ1) is 21.6. The Kier molecular flexibility index (Phi) is 6.13. The second-order valence-electron chi connectivity index (χ2n) is 8.94. The molecule has 3 aliphatic heterocycles. The van der Waals surface area contributed by atoms with Crippen molar-refractivity contribution in [2.24, 2.45) is 0 Å². The molecule has 9 heteroatoms. The molecule has 0 unspecified atom stereocenters. The average molecular weight is 450 g/mol. The van der Waals surface area contributed by atoms with Crippen molar-refractivity contribution in [3.63, 3.8) is 0 Å². The highest BCUT2D eigenvalue weighted by molar-refractivity contribution is 6.03. The van der Waals surface area contributed by atoms with Gasteiger partial charge >= 0.3 is 0 Å². The van der Waals surface area contributed by atoms with E-state index < -0.39 is 0 Å². The van der Waals surface area contributed by atoms with Crippen molar-refractivity contribution in [3.05, 3.63) is 41.7 Å². The molecule has 2 saturated heterocycles. The predicted octanol–water partition coefficient (Wildman–Crippen LogP) is 1.86. The topological polar surface area (TPSA) is 93.7 Å². The summed E-state index contributed by atoms with van der Waals surface area (Å²) in [5, 5.41) is 5.87. The maximum atomic E-state index is 12.5. The van der Waals surface area contributed by atoms with Crippen LogP contribution in [0.4, 0.5) is 17.3 Å². The summed E-state index contributed by atoms with van der Waals surface area (Å²) in [4.78, 5) is 40.5. The lowest BCUT2D eigenvalue weighted by Crippen LogP contribution is -2.51. The zero-order valence-electron chi connectivity index (χ0n) is 19.1. The van der Waals surface area contributed by atoms with Crippen molar-refractivity contribution in [2.45, 2.75) is 38.8 Å². The van der Waals surface area contributed by atoms with E-state index in [2.05, 4.69) is 36.4 Å². The molecular weight excluding hydrogens is 418 g/mol. The number of hydrogen-bond donors (Lipinski definition) is 2. The van der Waals surface area contributed by atoms with Crippen molar-refractivity contribution in [2.75, 3.05) is 54.4 Å². The van der Waals surface area contributed by atoms with Crippen LogP contribution < -0.4 is 20.4 Å². The van der Waals surface area contributed by atoms with Crippen LogP contribution in [0.1, 0.15) is 42.1 Å². The van der Waals surface area contributed by atoms with Gasteiger partial charge in [0, 0.05) is 58.2 Å². The minimum absolute atomic E-state index is 0.0682. The van der Waals surface area contributed by atoms with E-state index in [0.29, 0.717) is 12.1 Å². The van der Waals surface area contributed by atoms with Crippen LogP contribution >= 0.6 is 0 Å². The molecule has 2 aromatic rings. The molecule has 5 heterocycles. The van der Waals surface area contributed by atoms with Crippen LogP contribution in [-0.4, -0.2) is 72.0 Å². The fourth-order valence-electron chi connectivity index (χ4n) is 4.95. The molecule has 3 aliphatic rings. The molecule has 1 atom stereocenters. The van der Waals surface area contributed by atoms with Crippen LogP contribution in [0.3, 0.4) is 0 Å². The lowest BCUT2D eigenvalue weighted by atomic mass is 9.99. The molecule has 2 amide bonds. The van der Waals surface area contributed by atoms with Gasteiger partial charge in [-0.2, -0.15) is 0 Å². The van der Waals surface area contributed by atoms with E-state index in [4.69, 9.17) is 4.98 Å². The largest absolute Gasteiger partial charge is 0.354 e. The normalized spacial score (nSPS) is 20.6. The standard InChI is InChI=1S/C24H31N7O2/c1-2-25-23(32)18-6-7-21(26-15-18)30-11-9-29(10-12-30)16-17-13-19-22(27-14-17)31-8-4-3-5-20(31)24(33)28-19/h6-7,13-15,20H,2-5,8-12,16H2,1H3,(H,25,32)(H,28,33)/t20-/m0/s1. The monoisotopic (exact) mass is 449 g/mol. The zero-order valence-corrected chi connectivity index (χ0v) is 19.1. The molecule has 2 N–H and O–H groups in total. The van der Waals surface area contributed by atoms with Gasteiger partial charge in [-0.05, 0) is 49.9 Å². The SMILES string of the molecule is CCNC(=O)c1ccc(N2CCN(Cc3cnc4c(c3)NC(=O)[C@@H]3CCCCN43)CC2)nc1. The Morgan fingerprint density at radius 3 is 2.73 bits per heavy atom. The second-order valence-corrected chi connectivity index (χ2v) is 8.94. The van der Waals surface area contributed by atoms with Crippen molar-refractivity contribution in [3.8, 4) is 0 Å². The number of piperidine rings is 1. The minimum Gasteiger partial charge on any atom is -0.354 e. The Morgan fingerprint density at radius 1 is 1.12 bits per heavy atom. The van der Waals surface area contributed by atoms with Gasteiger partial charge in [0.05, 0.1) is 11.3 Å². The number of anilines is 3. The molecule has 0 aromatic carbocycles. The third kappa shape index (κ3) is 4.50. The summed E-state index contributed by atoms with van der Waals surface area (Å²) in [6.45, 7) is 7.78. The molecule has 9 nitrogen and oxygen atoms in total. The summed E-state index contributed by atoms with van der Waals surface area (Å²) < 4.78 is 0. The lowest BCUT2D eigenvalue weighted by molar-refractivity contribution is -0.118. The first-order valence-corrected chi connectivity index (χ1v) is 11.9. The molecule has 33 heavy (non-hydrogen) atoms. The van der Waals surface area contributed by atoms with Crippen molar-refractivity contribution < 1.29 is 9.59 Å². The van der Waals surface area contributed by atoms with Gasteiger partial charge in [-0.15, -0.1) is 0 Å². The fraction of sp³-hybridized carbons (Fsp3) is 0.500. The van der Waals surface area contributed by atoms with E-state index >= 15 is 0 Å². The van der Waals surface area contributed by atoms with Crippen molar-refractivity contribution in [1.82, 2.24) is 20.2 Å². The summed E-state index contributed by atoms with van der Waals surface area (Å²) in [5.41, 5.74) is 2.54. The molecule has 0 saturated carbocycles. The lowest BCUT2D eigenvalue weighted by Gasteiger charge is -2.40. The van der Waals surface area contributed by atoms with Crippen LogP contribution in [0.5, 0.6) is 0 Å². The molecule has 174 valence electrons. The highest BCUT2D eigenvalue weighted by Gasteiger charge is 2.35. The minimum atomic E-state index is -0.0907. The van der Waals surface area contributed by atoms with E-state index in [9.17, 15) is 9.59 Å². The summed E-state index contributed by atoms with van der Waals surface area (Å²) in [5.74, 6) is 1.82. The molecule has 0 radical (unpaired) electrons. The quantitative estimate of drug-likeness (QED) is 0.720. The van der Waals surface area contributed by atoms with Gasteiger partial charge in [0.1, 0.15) is 11.9 Å². The number of nitrogens with one attached hydrogen (secondary N) is 2. The fourth-order valence-corrected chi connectivity index (χ4v) is 4.95. The predicted molar refractivity (Wildman–Crippen MR) is 128 cm³/mol. The number of aromatic nitrogens is 2. The van der Waals surface area contributed by atoms with E-state index in [1.54, 1.807) is 6.20 Å². The number of carbonyl (C=O) groups is 2. The van der Waals surface area contributed by atoms with Gasteiger partial charge in [0.2, 0.25) is 5.91 Å². The summed E-state index contributed by atoms with van der Waals surface area (Å²) in [6.07, 6.45) is 6.72. The maximum absolute atomic E-state index is 12.5. The second kappa shape index (κ2) is 9.35. The molecule has 5 rings (SSSR count). The van der Waals surface area contributed by atoms with Gasteiger partial charge in [0.15, 0.2) is 5.82 Å².